The fraction of sp³-hybridized carbons (Fsp3) is 0.273. The number of benzene rings is 1. The molecule has 0 saturated carbocycles. The summed E-state index contributed by atoms with van der Waals surface area (Å²) in [5.74, 6) is 0.0999. The van der Waals surface area contributed by atoms with Gasteiger partial charge in [-0.15, -0.1) is 0 Å². The zero-order valence-corrected chi connectivity index (χ0v) is 10.3. The van der Waals surface area contributed by atoms with E-state index in [1.165, 1.54) is 12.1 Å². The van der Waals surface area contributed by atoms with Gasteiger partial charge in [0.25, 0.3) is 0 Å². The lowest BCUT2D eigenvalue weighted by Gasteiger charge is -2.09. The Morgan fingerprint density at radius 3 is 2.73 bits per heavy atom. The van der Waals surface area contributed by atoms with Crippen molar-refractivity contribution in [2.24, 2.45) is 0 Å². The van der Waals surface area contributed by atoms with Gasteiger partial charge in [0, 0.05) is 6.07 Å². The molecule has 1 rings (SSSR count). The molecule has 4 heteroatoms. The molecule has 0 heterocycles. The van der Waals surface area contributed by atoms with Gasteiger partial charge in [-0.05, 0) is 41.9 Å². The Balaban J connectivity index is 2.81. The van der Waals surface area contributed by atoms with E-state index >= 15 is 0 Å². The Morgan fingerprint density at radius 1 is 1.53 bits per heavy atom. The number of halogens is 2. The van der Waals surface area contributed by atoms with Gasteiger partial charge in [-0.2, -0.15) is 0 Å². The normalized spacial score (nSPS) is 9.87. The molecule has 15 heavy (non-hydrogen) atoms. The number of hydrogen-bond donors (Lipinski definition) is 1. The van der Waals surface area contributed by atoms with Gasteiger partial charge in [0.2, 0.25) is 0 Å². The SMILES string of the molecule is CC(C)=CCOc1c(N)cc(F)cc1Br. The number of rotatable bonds is 3. The number of hydrogen-bond acceptors (Lipinski definition) is 2. The quantitative estimate of drug-likeness (QED) is 0.676. The van der Waals surface area contributed by atoms with E-state index in [0.29, 0.717) is 22.5 Å². The standard InChI is InChI=1S/C11H13BrFNO/c1-7(2)3-4-15-11-9(12)5-8(13)6-10(11)14/h3,5-6H,4,14H2,1-2H3. The summed E-state index contributed by atoms with van der Waals surface area (Å²) in [7, 11) is 0. The third-order valence-electron chi connectivity index (χ3n) is 1.76. The second kappa shape index (κ2) is 5.16. The summed E-state index contributed by atoms with van der Waals surface area (Å²) in [6.45, 7) is 4.38. The molecule has 0 bridgehead atoms. The minimum absolute atomic E-state index is 0.295. The molecule has 0 radical (unpaired) electrons. The molecule has 82 valence electrons. The molecule has 0 atom stereocenters. The van der Waals surface area contributed by atoms with Crippen LogP contribution in [0.1, 0.15) is 13.8 Å². The molecular formula is C11H13BrFNO. The molecule has 0 aliphatic carbocycles. The zero-order chi connectivity index (χ0) is 11.4. The number of anilines is 1. The van der Waals surface area contributed by atoms with Gasteiger partial charge in [0.05, 0.1) is 10.2 Å². The van der Waals surface area contributed by atoms with Crippen LogP contribution in [0.5, 0.6) is 5.75 Å². The second-order valence-electron chi connectivity index (χ2n) is 3.40. The molecule has 2 nitrogen and oxygen atoms in total. The van der Waals surface area contributed by atoms with E-state index < -0.39 is 0 Å². The van der Waals surface area contributed by atoms with E-state index in [4.69, 9.17) is 10.5 Å². The molecule has 1 aromatic carbocycles. The van der Waals surface area contributed by atoms with E-state index in [2.05, 4.69) is 15.9 Å². The Kier molecular flexibility index (Phi) is 4.15. The molecule has 0 aliphatic heterocycles. The molecular weight excluding hydrogens is 261 g/mol. The maximum Gasteiger partial charge on any atom is 0.157 e. The Hall–Kier alpha value is -1.03. The smallest absolute Gasteiger partial charge is 0.157 e. The summed E-state index contributed by atoms with van der Waals surface area (Å²) in [5.41, 5.74) is 7.08. The zero-order valence-electron chi connectivity index (χ0n) is 8.68. The topological polar surface area (TPSA) is 35.2 Å². The first-order valence-electron chi connectivity index (χ1n) is 4.51. The summed E-state index contributed by atoms with van der Waals surface area (Å²) in [4.78, 5) is 0. The van der Waals surface area contributed by atoms with Crippen LogP contribution in [0.2, 0.25) is 0 Å². The average Bonchev–Trinajstić information content (AvgIpc) is 2.08. The van der Waals surface area contributed by atoms with Crippen LogP contribution in [0.15, 0.2) is 28.3 Å². The lowest BCUT2D eigenvalue weighted by atomic mass is 10.3. The van der Waals surface area contributed by atoms with E-state index in [-0.39, 0.29) is 5.82 Å². The highest BCUT2D eigenvalue weighted by molar-refractivity contribution is 9.10. The van der Waals surface area contributed by atoms with Crippen LogP contribution in [0.25, 0.3) is 0 Å². The highest BCUT2D eigenvalue weighted by Crippen LogP contribution is 2.32. The van der Waals surface area contributed by atoms with Crippen molar-refractivity contribution in [2.45, 2.75) is 13.8 Å². The summed E-state index contributed by atoms with van der Waals surface area (Å²) < 4.78 is 18.8. The monoisotopic (exact) mass is 273 g/mol. The average molecular weight is 274 g/mol. The Labute approximate surface area is 97.1 Å². The lowest BCUT2D eigenvalue weighted by Crippen LogP contribution is -2.00. The molecule has 0 fully saturated rings. The third kappa shape index (κ3) is 3.55. The number of ether oxygens (including phenoxy) is 1. The van der Waals surface area contributed by atoms with Crippen molar-refractivity contribution in [3.8, 4) is 5.75 Å². The van der Waals surface area contributed by atoms with Gasteiger partial charge >= 0.3 is 0 Å². The van der Waals surface area contributed by atoms with Gasteiger partial charge < -0.3 is 10.5 Å². The van der Waals surface area contributed by atoms with Crippen LogP contribution >= 0.6 is 15.9 Å². The van der Waals surface area contributed by atoms with Crippen molar-refractivity contribution < 1.29 is 9.13 Å². The van der Waals surface area contributed by atoms with Crippen LogP contribution < -0.4 is 10.5 Å². The summed E-state index contributed by atoms with van der Waals surface area (Å²) in [5, 5.41) is 0. The van der Waals surface area contributed by atoms with E-state index in [1.54, 1.807) is 0 Å². The van der Waals surface area contributed by atoms with Crippen LogP contribution in [0.4, 0.5) is 10.1 Å². The van der Waals surface area contributed by atoms with Gasteiger partial charge in [0.1, 0.15) is 12.4 Å². The summed E-state index contributed by atoms with van der Waals surface area (Å²) in [6.07, 6.45) is 1.93. The highest BCUT2D eigenvalue weighted by Gasteiger charge is 2.07. The summed E-state index contributed by atoms with van der Waals surface area (Å²) in [6, 6.07) is 2.57. The molecule has 0 saturated heterocycles. The van der Waals surface area contributed by atoms with Crippen molar-refractivity contribution in [3.05, 3.63) is 34.1 Å². The van der Waals surface area contributed by atoms with Gasteiger partial charge in [0.15, 0.2) is 5.75 Å². The van der Waals surface area contributed by atoms with Gasteiger partial charge in [-0.3, -0.25) is 0 Å². The van der Waals surface area contributed by atoms with Crippen LogP contribution in [0.3, 0.4) is 0 Å². The fourth-order valence-corrected chi connectivity index (χ4v) is 1.59. The fourth-order valence-electron chi connectivity index (χ4n) is 1.02. The van der Waals surface area contributed by atoms with Crippen molar-refractivity contribution in [3.63, 3.8) is 0 Å². The first-order valence-corrected chi connectivity index (χ1v) is 5.30. The van der Waals surface area contributed by atoms with Crippen LogP contribution in [-0.2, 0) is 0 Å². The molecule has 0 spiro atoms. The number of nitrogen functional groups attached to an aromatic ring is 1. The number of allylic oxidation sites excluding steroid dienone is 1. The van der Waals surface area contributed by atoms with Crippen molar-refractivity contribution in [2.75, 3.05) is 12.3 Å². The van der Waals surface area contributed by atoms with Crippen molar-refractivity contribution in [1.82, 2.24) is 0 Å². The molecule has 0 aliphatic rings. The molecule has 2 N–H and O–H groups in total. The van der Waals surface area contributed by atoms with Crippen molar-refractivity contribution in [1.29, 1.82) is 0 Å². The Morgan fingerprint density at radius 2 is 2.20 bits per heavy atom. The first kappa shape index (κ1) is 12.0. The summed E-state index contributed by atoms with van der Waals surface area (Å²) >= 11 is 3.20. The van der Waals surface area contributed by atoms with Crippen LogP contribution in [-0.4, -0.2) is 6.61 Å². The molecule has 1 aromatic rings. The van der Waals surface area contributed by atoms with E-state index in [1.807, 2.05) is 19.9 Å². The molecule has 0 amide bonds. The minimum atomic E-state index is -0.381. The maximum atomic E-state index is 12.9. The van der Waals surface area contributed by atoms with Gasteiger partial charge in [-0.1, -0.05) is 5.57 Å². The minimum Gasteiger partial charge on any atom is -0.486 e. The second-order valence-corrected chi connectivity index (χ2v) is 4.25. The van der Waals surface area contributed by atoms with Crippen molar-refractivity contribution >= 4 is 21.6 Å². The van der Waals surface area contributed by atoms with Gasteiger partial charge in [-0.25, -0.2) is 4.39 Å². The first-order chi connectivity index (χ1) is 7.00. The highest BCUT2D eigenvalue weighted by atomic mass is 79.9. The predicted molar refractivity (Wildman–Crippen MR) is 63.4 cm³/mol. The largest absolute Gasteiger partial charge is 0.486 e. The maximum absolute atomic E-state index is 12.9. The van der Waals surface area contributed by atoms with E-state index in [0.717, 1.165) is 5.57 Å². The lowest BCUT2D eigenvalue weighted by molar-refractivity contribution is 0.361. The Bertz CT molecular complexity index is 363. The predicted octanol–water partition coefficient (Wildman–Crippen LogP) is 3.52. The van der Waals surface area contributed by atoms with Crippen LogP contribution in [0, 0.1) is 5.82 Å². The van der Waals surface area contributed by atoms with E-state index in [9.17, 15) is 4.39 Å². The third-order valence-corrected chi connectivity index (χ3v) is 2.35. The number of nitrogens with two attached hydrogens (primary N) is 1. The molecule has 0 aromatic heterocycles. The molecule has 0 unspecified atom stereocenters.